The topological polar surface area (TPSA) is 47.0 Å². The summed E-state index contributed by atoms with van der Waals surface area (Å²) in [6.07, 6.45) is 1.47. The maximum atomic E-state index is 10.8. The first-order chi connectivity index (χ1) is 4.80. The maximum Gasteiger partial charge on any atom is 0.215 e. The van der Waals surface area contributed by atoms with E-state index in [2.05, 4.69) is 4.98 Å². The first-order valence-electron chi connectivity index (χ1n) is 2.93. The van der Waals surface area contributed by atoms with Gasteiger partial charge in [-0.15, -0.1) is 0 Å². The van der Waals surface area contributed by atoms with Crippen molar-refractivity contribution in [2.45, 2.75) is 0 Å². The Bertz CT molecular complexity index is 521. The van der Waals surface area contributed by atoms with Crippen molar-refractivity contribution >= 4 is 21.7 Å². The van der Waals surface area contributed by atoms with Gasteiger partial charge in [-0.05, 0) is 0 Å². The number of pyridine rings is 1. The molecular formula is C7HNO2. The lowest BCUT2D eigenvalue weighted by Crippen LogP contribution is -1.74. The molecule has 0 aliphatic rings. The van der Waals surface area contributed by atoms with Gasteiger partial charge in [0.1, 0.15) is 5.52 Å². The van der Waals surface area contributed by atoms with Gasteiger partial charge in [0.15, 0.2) is 5.43 Å². The summed E-state index contributed by atoms with van der Waals surface area (Å²) in [5, 5.41) is 1.82. The molecule has 0 saturated heterocycles. The second kappa shape index (κ2) is 0.923. The van der Waals surface area contributed by atoms with Crippen LogP contribution in [0.15, 0.2) is 15.8 Å². The van der Waals surface area contributed by atoms with Crippen LogP contribution in [-0.2, 0) is 0 Å². The predicted molar refractivity (Wildman–Crippen MR) is 36.5 cm³/mol. The molecule has 0 aliphatic carbocycles. The van der Waals surface area contributed by atoms with Gasteiger partial charge in [0.2, 0.25) is 5.43 Å². The highest BCUT2D eigenvalue weighted by atomic mass is 16.1. The Kier molecular flexibility index (Phi) is 0.399. The van der Waals surface area contributed by atoms with E-state index in [0.29, 0.717) is 21.7 Å². The quantitative estimate of drug-likeness (QED) is 0.426. The fraction of sp³-hybridized carbons (Fsp3) is 0. The molecule has 10 heavy (non-hydrogen) atoms. The lowest BCUT2D eigenvalue weighted by atomic mass is 10.5. The van der Waals surface area contributed by atoms with E-state index < -0.39 is 0 Å². The fourth-order valence-corrected chi connectivity index (χ4v) is 1.20. The smallest absolute Gasteiger partial charge is 0.215 e. The van der Waals surface area contributed by atoms with Crippen molar-refractivity contribution in [1.29, 1.82) is 0 Å². The van der Waals surface area contributed by atoms with E-state index in [4.69, 9.17) is 0 Å². The summed E-state index contributed by atoms with van der Waals surface area (Å²) in [6.45, 7) is 0. The van der Waals surface area contributed by atoms with E-state index in [1.54, 1.807) is 0 Å². The molecule has 3 nitrogen and oxygen atoms in total. The third-order valence-electron chi connectivity index (χ3n) is 1.87. The van der Waals surface area contributed by atoms with Crippen LogP contribution in [0, 0.1) is 0 Å². The van der Waals surface area contributed by atoms with E-state index in [-0.39, 0.29) is 10.9 Å². The van der Waals surface area contributed by atoms with Crippen molar-refractivity contribution in [2.75, 3.05) is 0 Å². The Hall–Kier alpha value is -1.51. The summed E-state index contributed by atoms with van der Waals surface area (Å²) in [4.78, 5) is 25.3. The van der Waals surface area contributed by atoms with Gasteiger partial charge in [0.25, 0.3) is 0 Å². The van der Waals surface area contributed by atoms with Crippen LogP contribution in [0.25, 0.3) is 21.7 Å². The number of fused-ring (bicyclic) bond motifs is 3. The summed E-state index contributed by atoms with van der Waals surface area (Å²) >= 11 is 0. The van der Waals surface area contributed by atoms with E-state index in [1.807, 2.05) is 0 Å². The van der Waals surface area contributed by atoms with Gasteiger partial charge in [0, 0.05) is 11.6 Å². The molecule has 0 bridgehead atoms. The maximum absolute atomic E-state index is 10.8. The van der Waals surface area contributed by atoms with Crippen molar-refractivity contribution < 1.29 is 0 Å². The van der Waals surface area contributed by atoms with Gasteiger partial charge in [0.05, 0.1) is 10.8 Å². The lowest BCUT2D eigenvalue weighted by molar-refractivity contribution is 1.49. The van der Waals surface area contributed by atoms with E-state index >= 15 is 0 Å². The zero-order chi connectivity index (χ0) is 6.88. The molecule has 0 spiro atoms. The van der Waals surface area contributed by atoms with Crippen LogP contribution < -0.4 is 10.9 Å². The number of hydrogen-bond donors (Lipinski definition) is 0. The highest BCUT2D eigenvalue weighted by Gasteiger charge is 2.25. The largest absolute Gasteiger partial charge is 0.288 e. The van der Waals surface area contributed by atoms with Crippen molar-refractivity contribution in [3.8, 4) is 0 Å². The van der Waals surface area contributed by atoms with E-state index in [1.165, 1.54) is 6.20 Å². The molecule has 1 heterocycles. The molecule has 3 rings (SSSR count). The summed E-state index contributed by atoms with van der Waals surface area (Å²) in [6, 6.07) is 0. The Labute approximate surface area is 54.3 Å². The molecule has 0 fully saturated rings. The molecule has 2 aromatic carbocycles. The monoisotopic (exact) mass is 131 g/mol. The fourth-order valence-electron chi connectivity index (χ4n) is 1.20. The van der Waals surface area contributed by atoms with Gasteiger partial charge in [-0.1, -0.05) is 0 Å². The molecule has 46 valence electrons. The molecule has 0 saturated carbocycles. The minimum absolute atomic E-state index is 0.000370. The SMILES string of the molecule is O=c1c2cnc3c(=O)c3c12. The summed E-state index contributed by atoms with van der Waals surface area (Å²) in [7, 11) is 0. The first kappa shape index (κ1) is 4.33. The predicted octanol–water partition coefficient (Wildman–Crippen LogP) is -0.140. The van der Waals surface area contributed by atoms with Crippen molar-refractivity contribution in [3.63, 3.8) is 0 Å². The van der Waals surface area contributed by atoms with Crippen LogP contribution in [0.2, 0.25) is 0 Å². The lowest BCUT2D eigenvalue weighted by Gasteiger charge is -1.63. The minimum Gasteiger partial charge on any atom is -0.288 e. The van der Waals surface area contributed by atoms with Crippen LogP contribution >= 0.6 is 0 Å². The molecular weight excluding hydrogens is 130 g/mol. The molecule has 1 aromatic heterocycles. The molecule has 3 heteroatoms. The summed E-state index contributed by atoms with van der Waals surface area (Å²) in [5.74, 6) is 0. The standard InChI is InChI=1S/C7HNO2/c9-6-2-1-8-5-4(3(2)6)7(5)10/h1H. The van der Waals surface area contributed by atoms with E-state index in [9.17, 15) is 9.59 Å². The number of hydrogen-bond acceptors (Lipinski definition) is 3. The van der Waals surface area contributed by atoms with Crippen molar-refractivity contribution in [2.24, 2.45) is 0 Å². The summed E-state index contributed by atoms with van der Waals surface area (Å²) < 4.78 is 0. The van der Waals surface area contributed by atoms with Crippen LogP contribution in [0.4, 0.5) is 0 Å². The van der Waals surface area contributed by atoms with Crippen LogP contribution in [0.1, 0.15) is 0 Å². The molecule has 0 radical (unpaired) electrons. The Morgan fingerprint density at radius 1 is 1.10 bits per heavy atom. The van der Waals surface area contributed by atoms with E-state index in [0.717, 1.165) is 0 Å². The third-order valence-corrected chi connectivity index (χ3v) is 1.87. The molecule has 0 amide bonds. The van der Waals surface area contributed by atoms with Crippen LogP contribution in [0.3, 0.4) is 0 Å². The average Bonchev–Trinajstić information content (AvgIpc) is 2.76. The Morgan fingerprint density at radius 2 is 1.90 bits per heavy atom. The Balaban J connectivity index is 2.85. The van der Waals surface area contributed by atoms with Crippen LogP contribution in [0.5, 0.6) is 0 Å². The number of nitrogens with zero attached hydrogens (tertiary/aromatic N) is 1. The van der Waals surface area contributed by atoms with Gasteiger partial charge in [-0.2, -0.15) is 0 Å². The molecule has 3 aromatic rings. The molecule has 0 atom stereocenters. The van der Waals surface area contributed by atoms with Gasteiger partial charge in [-0.25, -0.2) is 0 Å². The highest BCUT2D eigenvalue weighted by Crippen LogP contribution is 2.24. The molecule has 0 unspecified atom stereocenters. The summed E-state index contributed by atoms with van der Waals surface area (Å²) in [5.41, 5.74) is 0.441. The normalized spacial score (nSPS) is 12.8. The average molecular weight is 131 g/mol. The second-order valence-electron chi connectivity index (χ2n) is 2.43. The third kappa shape index (κ3) is 0.259. The molecule has 0 aliphatic heterocycles. The van der Waals surface area contributed by atoms with Crippen molar-refractivity contribution in [3.05, 3.63) is 26.6 Å². The number of aromatic nitrogens is 1. The number of rotatable bonds is 0. The second-order valence-corrected chi connectivity index (χ2v) is 2.43. The van der Waals surface area contributed by atoms with Crippen molar-refractivity contribution in [1.82, 2.24) is 4.98 Å². The van der Waals surface area contributed by atoms with Gasteiger partial charge >= 0.3 is 0 Å². The zero-order valence-electron chi connectivity index (χ0n) is 4.84. The minimum atomic E-state index is -0.0490. The Morgan fingerprint density at radius 3 is 2.60 bits per heavy atom. The zero-order valence-corrected chi connectivity index (χ0v) is 4.84. The molecule has 0 N–H and O–H groups in total. The van der Waals surface area contributed by atoms with Gasteiger partial charge < -0.3 is 0 Å². The van der Waals surface area contributed by atoms with Gasteiger partial charge in [-0.3, -0.25) is 14.6 Å². The first-order valence-corrected chi connectivity index (χ1v) is 2.93. The van der Waals surface area contributed by atoms with Crippen LogP contribution in [-0.4, -0.2) is 4.98 Å². The highest BCUT2D eigenvalue weighted by molar-refractivity contribution is 6.20.